The number of carbonyl (C=O) groups is 4. The first-order valence-corrected chi connectivity index (χ1v) is 23.0. The smallest absolute Gasteiger partial charge is 0.265 e. The van der Waals surface area contributed by atoms with Gasteiger partial charge in [-0.05, 0) is 104 Å². The molecule has 0 saturated heterocycles. The van der Waals surface area contributed by atoms with Crippen LogP contribution in [-0.4, -0.2) is 67.9 Å². The third-order valence-corrected chi connectivity index (χ3v) is 16.1. The van der Waals surface area contributed by atoms with Gasteiger partial charge in [0.25, 0.3) is 11.8 Å². The molecule has 16 heteroatoms. The molecule has 0 spiro atoms. The predicted molar refractivity (Wildman–Crippen MR) is 226 cm³/mol. The minimum atomic E-state index is -3.76. The van der Waals surface area contributed by atoms with Crippen LogP contribution in [0.4, 0.5) is 0 Å². The Balaban J connectivity index is 0.000000170. The Hall–Kier alpha value is -5.97. The molecule has 4 aromatic carbocycles. The lowest BCUT2D eigenvalue weighted by Gasteiger charge is -2.20. The van der Waals surface area contributed by atoms with E-state index in [0.717, 1.165) is 0 Å². The van der Waals surface area contributed by atoms with Crippen LogP contribution in [-0.2, 0) is 20.0 Å². The number of carbonyl (C=O) groups excluding carboxylic acids is 4. The van der Waals surface area contributed by atoms with Gasteiger partial charge in [0, 0.05) is 28.5 Å². The Morgan fingerprint density at radius 2 is 1.22 bits per heavy atom. The Morgan fingerprint density at radius 1 is 0.700 bits per heavy atom. The van der Waals surface area contributed by atoms with E-state index in [-0.39, 0.29) is 29.3 Å². The lowest BCUT2D eigenvalue weighted by atomic mass is 9.94. The van der Waals surface area contributed by atoms with E-state index in [1.54, 1.807) is 110 Å². The first kappa shape index (κ1) is 40.8. The van der Waals surface area contributed by atoms with Crippen molar-refractivity contribution in [3.05, 3.63) is 129 Å². The van der Waals surface area contributed by atoms with Crippen molar-refractivity contribution < 1.29 is 45.5 Å². The quantitative estimate of drug-likeness (QED) is 0.145. The average molecular weight is 866 g/mol. The van der Waals surface area contributed by atoms with E-state index in [0.29, 0.717) is 94.9 Å². The number of nitrogens with zero attached hydrogens (tertiary/aromatic N) is 1. The number of thiazole rings is 1. The van der Waals surface area contributed by atoms with Gasteiger partial charge in [0.05, 0.1) is 38.4 Å². The second kappa shape index (κ2) is 15.6. The molecule has 60 heavy (non-hydrogen) atoms. The molecular weight excluding hydrogens is 827 g/mol. The molecule has 0 unspecified atom stereocenters. The van der Waals surface area contributed by atoms with Crippen LogP contribution < -0.4 is 18.9 Å². The number of hydrogen-bond acceptors (Lipinski definition) is 12. The van der Waals surface area contributed by atoms with Crippen LogP contribution in [0.5, 0.6) is 11.5 Å². The van der Waals surface area contributed by atoms with Crippen molar-refractivity contribution in [2.24, 2.45) is 0 Å². The van der Waals surface area contributed by atoms with Gasteiger partial charge in [-0.15, -0.1) is 11.3 Å². The molecule has 4 aliphatic rings. The minimum absolute atomic E-state index is 0.0256. The number of fused-ring (bicyclic) bond motifs is 2. The summed E-state index contributed by atoms with van der Waals surface area (Å²) in [7, 11) is -7.49. The summed E-state index contributed by atoms with van der Waals surface area (Å²) in [5.41, 5.74) is 6.83. The monoisotopic (exact) mass is 865 g/mol. The van der Waals surface area contributed by atoms with E-state index in [1.165, 1.54) is 11.3 Å². The van der Waals surface area contributed by atoms with Crippen molar-refractivity contribution in [3.63, 3.8) is 0 Å². The molecule has 3 heterocycles. The van der Waals surface area contributed by atoms with E-state index in [1.807, 2.05) is 5.38 Å². The molecule has 1 aromatic heterocycles. The summed E-state index contributed by atoms with van der Waals surface area (Å²) in [6.07, 6.45) is 4.23. The third-order valence-electron chi connectivity index (χ3n) is 11.2. The topological polar surface area (TPSA) is 192 Å². The third kappa shape index (κ3) is 8.01. The molecule has 2 aliphatic heterocycles. The highest BCUT2D eigenvalue weighted by molar-refractivity contribution is 7.92. The van der Waals surface area contributed by atoms with Crippen LogP contribution in [0.1, 0.15) is 93.1 Å². The van der Waals surface area contributed by atoms with Crippen molar-refractivity contribution in [2.45, 2.75) is 55.4 Å². The summed E-state index contributed by atoms with van der Waals surface area (Å²) in [5.74, 6) is -0.545. The fourth-order valence-electron chi connectivity index (χ4n) is 6.75. The molecule has 0 radical (unpaired) electrons. The van der Waals surface area contributed by atoms with Crippen LogP contribution in [0.25, 0.3) is 28.3 Å². The van der Waals surface area contributed by atoms with Gasteiger partial charge in [0.1, 0.15) is 18.1 Å². The van der Waals surface area contributed by atoms with Crippen LogP contribution in [0, 0.1) is 0 Å². The molecule has 2 fully saturated rings. The van der Waals surface area contributed by atoms with Gasteiger partial charge in [-0.3, -0.25) is 19.2 Å². The summed E-state index contributed by atoms with van der Waals surface area (Å²) in [6, 6.07) is 23.8. The molecule has 0 bridgehead atoms. The Kier molecular flexibility index (Phi) is 10.6. The molecule has 5 aromatic rings. The molecule has 2 saturated carbocycles. The summed E-state index contributed by atoms with van der Waals surface area (Å²) < 4.78 is 63.9. The molecule has 2 N–H and O–H groups in total. The van der Waals surface area contributed by atoms with Crippen LogP contribution in [0.3, 0.4) is 0 Å². The molecule has 2 aliphatic carbocycles. The van der Waals surface area contributed by atoms with Crippen molar-refractivity contribution in [3.8, 4) is 33.8 Å². The standard InChI is InChI=1S/C24H20N2O5S2.C20H19NO5S/c1-24(8-9-24)33(29,30)26-23(28)19-5-3-2-4-18(19)15-6-7-20-21(11-15)31-12-16(22(20)27)10-17-13-32-14-25-17;1-20(9-10-20)27(24,25)21-19(23)15-5-3-2-4-14(15)13-6-7-16-17(22)8-11-26-18(16)12-13/h2-7,10-11,13-14H,8-9,12H2,1H3,(H,26,28);2-7,12H,8-11H2,1H3,(H,21,23). The second-order valence-corrected chi connectivity index (χ2v) is 20.6. The van der Waals surface area contributed by atoms with Crippen LogP contribution in [0.15, 0.2) is 101 Å². The number of ether oxygens (including phenoxy) is 2. The number of hydrogen-bond donors (Lipinski definition) is 2. The van der Waals surface area contributed by atoms with Crippen LogP contribution >= 0.6 is 11.3 Å². The zero-order chi connectivity index (χ0) is 42.5. The van der Waals surface area contributed by atoms with Gasteiger partial charge >= 0.3 is 0 Å². The SMILES string of the molecule is CC1(S(=O)(=O)NC(=O)c2ccccc2-c2ccc3c(c2)OCC(=Cc2cscn2)C3=O)CC1.CC1(S(=O)(=O)NC(=O)c2ccccc2-c2ccc3c(c2)OCCC3=O)CC1. The number of rotatable bonds is 9. The van der Waals surface area contributed by atoms with Gasteiger partial charge in [0.15, 0.2) is 11.6 Å². The fourth-order valence-corrected chi connectivity index (χ4v) is 9.75. The number of sulfonamides is 2. The maximum absolute atomic E-state index is 12.9. The zero-order valence-electron chi connectivity index (χ0n) is 32.5. The molecule has 13 nitrogen and oxygen atoms in total. The maximum Gasteiger partial charge on any atom is 0.265 e. The van der Waals surface area contributed by atoms with Crippen molar-refractivity contribution >= 4 is 60.8 Å². The number of amides is 2. The van der Waals surface area contributed by atoms with Crippen molar-refractivity contribution in [2.75, 3.05) is 13.2 Å². The lowest BCUT2D eigenvalue weighted by Crippen LogP contribution is -2.38. The molecule has 308 valence electrons. The first-order valence-electron chi connectivity index (χ1n) is 19.1. The zero-order valence-corrected chi connectivity index (χ0v) is 35.0. The van der Waals surface area contributed by atoms with Gasteiger partial charge in [-0.25, -0.2) is 31.3 Å². The summed E-state index contributed by atoms with van der Waals surface area (Å²) >= 11 is 1.45. The number of ketones is 2. The second-order valence-electron chi connectivity index (χ2n) is 15.5. The normalized spacial score (nSPS) is 17.7. The minimum Gasteiger partial charge on any atom is -0.492 e. The highest BCUT2D eigenvalue weighted by atomic mass is 32.2. The number of benzene rings is 4. The van der Waals surface area contributed by atoms with Crippen LogP contribution in [0.2, 0.25) is 0 Å². The van der Waals surface area contributed by atoms with E-state index in [9.17, 15) is 36.0 Å². The van der Waals surface area contributed by atoms with Gasteiger partial charge in [0.2, 0.25) is 20.0 Å². The molecule has 2 amide bonds. The number of Topliss-reactive ketones (excluding diaryl/α,β-unsaturated/α-hetero) is 2. The Bertz CT molecular complexity index is 2840. The largest absolute Gasteiger partial charge is 0.492 e. The maximum atomic E-state index is 12.9. The van der Waals surface area contributed by atoms with Gasteiger partial charge in [-0.1, -0.05) is 48.5 Å². The highest BCUT2D eigenvalue weighted by Gasteiger charge is 2.51. The molecule has 9 rings (SSSR count). The fraction of sp³-hybridized carbons (Fsp3) is 0.250. The number of aromatic nitrogens is 1. The average Bonchev–Trinajstić information content (AvgIpc) is 4.13. The lowest BCUT2D eigenvalue weighted by molar-refractivity contribution is 0.0930. The van der Waals surface area contributed by atoms with E-state index in [2.05, 4.69) is 14.4 Å². The predicted octanol–water partition coefficient (Wildman–Crippen LogP) is 7.01. The molecule has 0 atom stereocenters. The summed E-state index contributed by atoms with van der Waals surface area (Å²) in [5, 5.41) is 1.85. The van der Waals surface area contributed by atoms with Gasteiger partial charge in [-0.2, -0.15) is 0 Å². The van der Waals surface area contributed by atoms with Gasteiger partial charge < -0.3 is 9.47 Å². The van der Waals surface area contributed by atoms with Crippen molar-refractivity contribution in [1.82, 2.24) is 14.4 Å². The Labute approximate surface area is 351 Å². The highest BCUT2D eigenvalue weighted by Crippen LogP contribution is 2.43. The van der Waals surface area contributed by atoms with E-state index >= 15 is 0 Å². The van der Waals surface area contributed by atoms with Crippen molar-refractivity contribution in [1.29, 1.82) is 0 Å². The summed E-state index contributed by atoms with van der Waals surface area (Å²) in [4.78, 5) is 54.6. The Morgan fingerprint density at radius 3 is 1.73 bits per heavy atom. The van der Waals surface area contributed by atoms with E-state index in [4.69, 9.17) is 9.47 Å². The van der Waals surface area contributed by atoms with E-state index < -0.39 is 41.4 Å². The summed E-state index contributed by atoms with van der Waals surface area (Å²) in [6.45, 7) is 3.70. The number of nitrogens with one attached hydrogen (secondary N) is 2. The first-order chi connectivity index (χ1) is 28.6. The molecular formula is C44H39N3O10S3.